The van der Waals surface area contributed by atoms with Crippen LogP contribution in [0.15, 0.2) is 303 Å². The number of aromatic nitrogens is 2. The van der Waals surface area contributed by atoms with Gasteiger partial charge in [0.25, 0.3) is 6.71 Å². The molecular formula is C80H50BN3. The molecule has 3 nitrogen and oxygen atoms in total. The van der Waals surface area contributed by atoms with Crippen LogP contribution in [0.1, 0.15) is 0 Å². The molecule has 388 valence electrons. The predicted molar refractivity (Wildman–Crippen MR) is 357 cm³/mol. The van der Waals surface area contributed by atoms with Crippen LogP contribution >= 0.6 is 0 Å². The molecular weight excluding hydrogens is 1010 g/mol. The fraction of sp³-hybridized carbons (Fsp3) is 0. The lowest BCUT2D eigenvalue weighted by molar-refractivity contribution is 1.17. The third-order valence-corrected chi connectivity index (χ3v) is 18.3. The largest absolute Gasteiger partial charge is 0.310 e. The van der Waals surface area contributed by atoms with Gasteiger partial charge in [0.1, 0.15) is 0 Å². The molecule has 2 aliphatic heterocycles. The molecule has 0 fully saturated rings. The Morgan fingerprint density at radius 3 is 1.50 bits per heavy atom. The number of hydrogen-bond donors (Lipinski definition) is 0. The molecule has 2 aromatic heterocycles. The number of nitrogens with zero attached hydrogens (tertiary/aromatic N) is 3. The number of benzene rings is 14. The Kier molecular flexibility index (Phi) is 10.2. The molecule has 0 bridgehead atoms. The van der Waals surface area contributed by atoms with Crippen molar-refractivity contribution in [1.29, 1.82) is 0 Å². The number of rotatable bonds is 7. The minimum Gasteiger partial charge on any atom is -0.310 e. The number of fused-ring (bicyclic) bond motifs is 13. The summed E-state index contributed by atoms with van der Waals surface area (Å²) in [7, 11) is 0. The van der Waals surface area contributed by atoms with Gasteiger partial charge in [0, 0.05) is 60.9 Å². The number of anilines is 3. The zero-order chi connectivity index (χ0) is 55.0. The normalized spacial score (nSPS) is 12.5. The van der Waals surface area contributed by atoms with Crippen molar-refractivity contribution in [2.75, 3.05) is 4.90 Å². The van der Waals surface area contributed by atoms with Crippen molar-refractivity contribution >= 4 is 105 Å². The zero-order valence-electron chi connectivity index (χ0n) is 45.8. The van der Waals surface area contributed by atoms with Crippen LogP contribution < -0.4 is 21.3 Å². The third-order valence-electron chi connectivity index (χ3n) is 18.3. The van der Waals surface area contributed by atoms with Gasteiger partial charge in [0.2, 0.25) is 0 Å². The highest BCUT2D eigenvalue weighted by Crippen LogP contribution is 2.52. The van der Waals surface area contributed by atoms with Gasteiger partial charge in [-0.1, -0.05) is 249 Å². The molecule has 0 spiro atoms. The van der Waals surface area contributed by atoms with Crippen molar-refractivity contribution in [1.82, 2.24) is 9.13 Å². The summed E-state index contributed by atoms with van der Waals surface area (Å²) >= 11 is 0. The molecule has 2 aliphatic rings. The molecule has 0 unspecified atom stereocenters. The molecule has 18 rings (SSSR count). The molecule has 0 saturated carbocycles. The lowest BCUT2D eigenvalue weighted by Gasteiger charge is -2.42. The first-order valence-electron chi connectivity index (χ1n) is 29.2. The van der Waals surface area contributed by atoms with E-state index in [1.807, 2.05) is 0 Å². The fourth-order valence-electron chi connectivity index (χ4n) is 14.7. The van der Waals surface area contributed by atoms with Crippen molar-refractivity contribution in [2.45, 2.75) is 0 Å². The van der Waals surface area contributed by atoms with Gasteiger partial charge in [-0.2, -0.15) is 0 Å². The maximum absolute atomic E-state index is 2.70. The monoisotopic (exact) mass is 1060 g/mol. The molecule has 0 N–H and O–H groups in total. The topological polar surface area (TPSA) is 13.1 Å². The molecule has 0 saturated heterocycles. The minimum absolute atomic E-state index is 0.205. The van der Waals surface area contributed by atoms with Crippen molar-refractivity contribution in [3.8, 4) is 67.0 Å². The molecule has 4 heterocycles. The van der Waals surface area contributed by atoms with E-state index in [0.717, 1.165) is 50.6 Å². The van der Waals surface area contributed by atoms with Crippen molar-refractivity contribution in [3.63, 3.8) is 0 Å². The first kappa shape index (κ1) is 46.8. The SMILES string of the molecule is c1ccc(-c2ccc3c4ccc(-c5ccccc5)c5c4n(c3c2)-c2cc(-c3cc4ccccc4c4ccccc34)cc3c2B5c2cc4c(cc2N3c2c(-c3ccccc3)cccc2-c2ccccc2)c2ccccc2n4-c2ccccc2)cc1. The Morgan fingerprint density at radius 2 is 0.798 bits per heavy atom. The summed E-state index contributed by atoms with van der Waals surface area (Å²) in [5.41, 5.74) is 26.2. The average Bonchev–Trinajstić information content (AvgIpc) is 1.78. The van der Waals surface area contributed by atoms with Gasteiger partial charge >= 0.3 is 0 Å². The van der Waals surface area contributed by atoms with E-state index < -0.39 is 0 Å². The van der Waals surface area contributed by atoms with E-state index in [9.17, 15) is 0 Å². The minimum atomic E-state index is -0.205. The van der Waals surface area contributed by atoms with E-state index in [4.69, 9.17) is 0 Å². The smallest absolute Gasteiger partial charge is 0.253 e. The summed E-state index contributed by atoms with van der Waals surface area (Å²) in [5.74, 6) is 0. The summed E-state index contributed by atoms with van der Waals surface area (Å²) in [6.07, 6.45) is 0. The van der Waals surface area contributed by atoms with Gasteiger partial charge in [0.15, 0.2) is 0 Å². The summed E-state index contributed by atoms with van der Waals surface area (Å²) < 4.78 is 5.17. The summed E-state index contributed by atoms with van der Waals surface area (Å²) in [5, 5.41) is 9.84. The van der Waals surface area contributed by atoms with E-state index in [0.29, 0.717) is 0 Å². The standard InChI is InChI=1S/C80H50BN3/c1-6-23-51(24-7-1)55-41-42-66-67-44-43-60(52-25-8-2-9-26-52)77-80(67)83(72(66)46-55)75-47-57(68-45-56-31-16-17-34-59(56)63-35-18-19-36-64(63)68)48-76-78(75)81(77)70-50-73-69(65-37-20-21-40-71(65)82(73)58-32-14-5-15-33-58)49-74(70)84(76)79-61(53-27-10-3-11-28-53)38-22-39-62(79)54-29-12-4-13-30-54/h1-50H. The lowest BCUT2D eigenvalue weighted by Crippen LogP contribution is -2.61. The summed E-state index contributed by atoms with van der Waals surface area (Å²) in [4.78, 5) is 2.70. The van der Waals surface area contributed by atoms with E-state index in [-0.39, 0.29) is 6.71 Å². The van der Waals surface area contributed by atoms with Crippen LogP contribution in [0.3, 0.4) is 0 Å². The second-order valence-electron chi connectivity index (χ2n) is 22.7. The van der Waals surface area contributed by atoms with Crippen LogP contribution in [0.25, 0.3) is 132 Å². The second kappa shape index (κ2) is 18.3. The van der Waals surface area contributed by atoms with Crippen molar-refractivity contribution < 1.29 is 0 Å². The van der Waals surface area contributed by atoms with Crippen LogP contribution in [-0.2, 0) is 0 Å². The lowest BCUT2D eigenvalue weighted by atomic mass is 9.33. The first-order valence-corrected chi connectivity index (χ1v) is 29.2. The van der Waals surface area contributed by atoms with Gasteiger partial charge in [-0.25, -0.2) is 0 Å². The quantitative estimate of drug-likeness (QED) is 0.115. The van der Waals surface area contributed by atoms with Crippen molar-refractivity contribution in [3.05, 3.63) is 303 Å². The second-order valence-corrected chi connectivity index (χ2v) is 22.7. The Labute approximate surface area is 486 Å². The van der Waals surface area contributed by atoms with Crippen LogP contribution in [0.4, 0.5) is 17.1 Å². The Hall–Kier alpha value is -10.9. The van der Waals surface area contributed by atoms with Crippen LogP contribution in [-0.4, -0.2) is 15.8 Å². The Morgan fingerprint density at radius 1 is 0.250 bits per heavy atom. The molecule has 0 amide bonds. The molecule has 14 aromatic carbocycles. The van der Waals surface area contributed by atoms with Crippen LogP contribution in [0.5, 0.6) is 0 Å². The number of para-hydroxylation sites is 3. The predicted octanol–water partition coefficient (Wildman–Crippen LogP) is 19.1. The highest BCUT2D eigenvalue weighted by Gasteiger charge is 2.45. The van der Waals surface area contributed by atoms with Gasteiger partial charge < -0.3 is 14.0 Å². The molecule has 0 aliphatic carbocycles. The molecule has 0 atom stereocenters. The van der Waals surface area contributed by atoms with Gasteiger partial charge in [0.05, 0.1) is 22.2 Å². The van der Waals surface area contributed by atoms with Gasteiger partial charge in [-0.3, -0.25) is 0 Å². The molecule has 4 heteroatoms. The summed E-state index contributed by atoms with van der Waals surface area (Å²) in [6, 6.07) is 114. The maximum Gasteiger partial charge on any atom is 0.253 e. The average molecular weight is 1060 g/mol. The van der Waals surface area contributed by atoms with E-state index in [2.05, 4.69) is 317 Å². The zero-order valence-corrected chi connectivity index (χ0v) is 45.8. The van der Waals surface area contributed by atoms with E-state index in [1.165, 1.54) is 115 Å². The number of hydrogen-bond acceptors (Lipinski definition) is 1. The van der Waals surface area contributed by atoms with Gasteiger partial charge in [-0.15, -0.1) is 0 Å². The third kappa shape index (κ3) is 6.83. The molecule has 84 heavy (non-hydrogen) atoms. The van der Waals surface area contributed by atoms with E-state index >= 15 is 0 Å². The summed E-state index contributed by atoms with van der Waals surface area (Å²) in [6.45, 7) is -0.205. The van der Waals surface area contributed by atoms with Crippen molar-refractivity contribution in [2.24, 2.45) is 0 Å². The first-order chi connectivity index (χ1) is 41.7. The molecule has 16 aromatic rings. The maximum atomic E-state index is 2.70. The highest BCUT2D eigenvalue weighted by atomic mass is 15.2. The van der Waals surface area contributed by atoms with Crippen LogP contribution in [0.2, 0.25) is 0 Å². The molecule has 0 radical (unpaired) electrons. The Bertz CT molecular complexity index is 5300. The van der Waals surface area contributed by atoms with E-state index in [1.54, 1.807) is 0 Å². The Balaban J connectivity index is 1.08. The van der Waals surface area contributed by atoms with Gasteiger partial charge in [-0.05, 0) is 137 Å². The fourth-order valence-corrected chi connectivity index (χ4v) is 14.7. The highest BCUT2D eigenvalue weighted by molar-refractivity contribution is 7.01. The van der Waals surface area contributed by atoms with Crippen LogP contribution in [0, 0.1) is 0 Å².